The Morgan fingerprint density at radius 2 is 1.37 bits per heavy atom. The molecule has 0 bridgehead atoms. The first-order chi connectivity index (χ1) is 23.8. The van der Waals surface area contributed by atoms with Crippen molar-refractivity contribution >= 4 is 11.8 Å². The molecule has 1 unspecified atom stereocenters. The molecule has 0 radical (unpaired) electrons. The summed E-state index contributed by atoms with van der Waals surface area (Å²) in [4.78, 5) is 25.0. The minimum Gasteiger partial charge on any atom is -0.507 e. The van der Waals surface area contributed by atoms with E-state index in [0.29, 0.717) is 44.2 Å². The Hall–Kier alpha value is -4.56. The SMILES string of the molecule is CC/C=C\C/C=C\C/C=C\C/C=C\C/C=C\C/C=C\CCC(=O)NCCCCC(CO)NC(=O)c1cc(-c2ccc(F)cc2F)ccc1O. The van der Waals surface area contributed by atoms with Crippen molar-refractivity contribution in [3.05, 3.63) is 127 Å². The number of benzene rings is 2. The first kappa shape index (κ1) is 40.6. The molecule has 49 heavy (non-hydrogen) atoms. The second-order valence-corrected chi connectivity index (χ2v) is 11.5. The fourth-order valence-electron chi connectivity index (χ4n) is 4.77. The molecule has 0 aliphatic carbocycles. The fraction of sp³-hybridized carbons (Fsp3) is 0.366. The number of amides is 2. The van der Waals surface area contributed by atoms with Gasteiger partial charge in [-0.25, -0.2) is 8.78 Å². The molecular weight excluding hydrogens is 622 g/mol. The van der Waals surface area contributed by atoms with E-state index < -0.39 is 23.6 Å². The number of aliphatic hydroxyl groups excluding tert-OH is 1. The Kier molecular flexibility index (Phi) is 21.1. The number of aromatic hydroxyl groups is 1. The summed E-state index contributed by atoms with van der Waals surface area (Å²) in [5.74, 6) is -2.45. The number of hydrogen-bond donors (Lipinski definition) is 4. The van der Waals surface area contributed by atoms with Crippen LogP contribution < -0.4 is 10.6 Å². The maximum Gasteiger partial charge on any atom is 0.255 e. The van der Waals surface area contributed by atoms with E-state index >= 15 is 0 Å². The number of halogens is 2. The van der Waals surface area contributed by atoms with Crippen molar-refractivity contribution in [2.24, 2.45) is 0 Å². The van der Waals surface area contributed by atoms with E-state index in [1.807, 2.05) is 6.08 Å². The van der Waals surface area contributed by atoms with Crippen LogP contribution in [0.3, 0.4) is 0 Å². The number of nitrogens with one attached hydrogen (secondary N) is 2. The zero-order chi connectivity index (χ0) is 35.5. The number of carbonyl (C=O) groups excluding carboxylic acids is 2. The number of rotatable bonds is 23. The maximum absolute atomic E-state index is 14.2. The van der Waals surface area contributed by atoms with Gasteiger partial charge in [0.1, 0.15) is 17.4 Å². The third-order valence-electron chi connectivity index (χ3n) is 7.48. The molecule has 1 atom stereocenters. The molecule has 2 aromatic carbocycles. The van der Waals surface area contributed by atoms with Crippen LogP contribution in [0.25, 0.3) is 11.1 Å². The second-order valence-electron chi connectivity index (χ2n) is 11.5. The van der Waals surface area contributed by atoms with E-state index in [1.54, 1.807) is 0 Å². The highest BCUT2D eigenvalue weighted by atomic mass is 19.1. The number of hydrogen-bond acceptors (Lipinski definition) is 4. The largest absolute Gasteiger partial charge is 0.507 e. The van der Waals surface area contributed by atoms with Gasteiger partial charge in [0.05, 0.1) is 18.2 Å². The number of phenolic OH excluding ortho intramolecular Hbond substituents is 1. The molecule has 4 N–H and O–H groups in total. The second kappa shape index (κ2) is 25.5. The Bertz CT molecular complexity index is 1460. The van der Waals surface area contributed by atoms with Crippen LogP contribution in [0.2, 0.25) is 0 Å². The lowest BCUT2D eigenvalue weighted by Gasteiger charge is -2.17. The highest BCUT2D eigenvalue weighted by Crippen LogP contribution is 2.28. The third kappa shape index (κ3) is 18.0. The van der Waals surface area contributed by atoms with Gasteiger partial charge < -0.3 is 20.8 Å². The Morgan fingerprint density at radius 1 is 0.776 bits per heavy atom. The highest BCUT2D eigenvalue weighted by Gasteiger charge is 2.18. The summed E-state index contributed by atoms with van der Waals surface area (Å²) in [5, 5.41) is 25.6. The van der Waals surface area contributed by atoms with Gasteiger partial charge in [0.25, 0.3) is 5.91 Å². The number of aliphatic hydroxyl groups is 1. The predicted octanol–water partition coefficient (Wildman–Crippen LogP) is 9.19. The van der Waals surface area contributed by atoms with Crippen molar-refractivity contribution in [2.75, 3.05) is 13.2 Å². The Balaban J connectivity index is 1.56. The average Bonchev–Trinajstić information content (AvgIpc) is 3.09. The third-order valence-corrected chi connectivity index (χ3v) is 7.48. The minimum atomic E-state index is -0.786. The van der Waals surface area contributed by atoms with Crippen molar-refractivity contribution in [1.29, 1.82) is 0 Å². The number of allylic oxidation sites excluding steroid dienone is 12. The summed E-state index contributed by atoms with van der Waals surface area (Å²) in [5.41, 5.74) is 0.310. The summed E-state index contributed by atoms with van der Waals surface area (Å²) in [6.07, 6.45) is 34.3. The molecule has 0 aliphatic heterocycles. The summed E-state index contributed by atoms with van der Waals surface area (Å²) in [6.45, 7) is 2.32. The molecule has 2 rings (SSSR count). The molecule has 0 aromatic heterocycles. The molecular formula is C41H52F2N2O4. The van der Waals surface area contributed by atoms with Gasteiger partial charge in [0, 0.05) is 24.6 Å². The van der Waals surface area contributed by atoms with Gasteiger partial charge in [-0.3, -0.25) is 9.59 Å². The molecule has 0 saturated heterocycles. The van der Waals surface area contributed by atoms with Crippen molar-refractivity contribution in [3.8, 4) is 16.9 Å². The molecule has 0 spiro atoms. The quantitative estimate of drug-likeness (QED) is 0.0698. The first-order valence-corrected chi connectivity index (χ1v) is 17.2. The summed E-state index contributed by atoms with van der Waals surface area (Å²) in [6, 6.07) is 6.59. The molecule has 6 nitrogen and oxygen atoms in total. The van der Waals surface area contributed by atoms with Crippen LogP contribution in [0.5, 0.6) is 5.75 Å². The summed E-state index contributed by atoms with van der Waals surface area (Å²) < 4.78 is 27.5. The number of unbranched alkanes of at least 4 members (excludes halogenated alkanes) is 1. The van der Waals surface area contributed by atoms with Gasteiger partial charge in [-0.1, -0.05) is 85.9 Å². The summed E-state index contributed by atoms with van der Waals surface area (Å²) >= 11 is 0. The maximum atomic E-state index is 14.2. The molecule has 2 amide bonds. The fourth-order valence-corrected chi connectivity index (χ4v) is 4.77. The standard InChI is InChI=1S/C41H52F2N2O4/c1-2-3-4-5-6-7-8-9-10-11-12-13-14-15-16-17-18-19-20-24-40(48)44-29-22-21-23-35(32-46)45-41(49)37-30-33(25-28-39(37)47)36-27-26-34(42)31-38(36)43/h3-4,6-7,9-10,12-13,15-16,18-19,25-28,30-31,35,46-47H,2,5,8,11,14,17,20-24,29,32H2,1H3,(H,44,48)(H,45,49)/b4-3-,7-6-,10-9-,13-12-,16-15-,19-18-. The molecule has 264 valence electrons. The van der Waals surface area contributed by atoms with Gasteiger partial charge in [0.15, 0.2) is 0 Å². The Labute approximate surface area is 290 Å². The van der Waals surface area contributed by atoms with Crippen LogP contribution in [0.4, 0.5) is 8.78 Å². The van der Waals surface area contributed by atoms with Gasteiger partial charge >= 0.3 is 0 Å². The zero-order valence-corrected chi connectivity index (χ0v) is 28.6. The van der Waals surface area contributed by atoms with E-state index in [0.717, 1.165) is 50.7 Å². The molecule has 0 heterocycles. The van der Waals surface area contributed by atoms with Crippen LogP contribution in [0, 0.1) is 11.6 Å². The van der Waals surface area contributed by atoms with E-state index in [-0.39, 0.29) is 29.4 Å². The van der Waals surface area contributed by atoms with Gasteiger partial charge in [0.2, 0.25) is 5.91 Å². The summed E-state index contributed by atoms with van der Waals surface area (Å²) in [7, 11) is 0. The molecule has 0 fully saturated rings. The van der Waals surface area contributed by atoms with Crippen LogP contribution in [-0.2, 0) is 4.79 Å². The molecule has 8 heteroatoms. The van der Waals surface area contributed by atoms with Crippen molar-refractivity contribution in [3.63, 3.8) is 0 Å². The van der Waals surface area contributed by atoms with Crippen molar-refractivity contribution in [1.82, 2.24) is 10.6 Å². The van der Waals surface area contributed by atoms with E-state index in [9.17, 15) is 28.6 Å². The van der Waals surface area contributed by atoms with Gasteiger partial charge in [-0.15, -0.1) is 0 Å². The Morgan fingerprint density at radius 3 is 1.94 bits per heavy atom. The minimum absolute atomic E-state index is 0.0283. The number of carbonyl (C=O) groups is 2. The van der Waals surface area contributed by atoms with Crippen molar-refractivity contribution in [2.45, 2.75) is 83.6 Å². The monoisotopic (exact) mass is 674 g/mol. The average molecular weight is 675 g/mol. The topological polar surface area (TPSA) is 98.7 Å². The normalized spacial score (nSPS) is 12.8. The smallest absolute Gasteiger partial charge is 0.255 e. The number of phenols is 1. The van der Waals surface area contributed by atoms with E-state index in [4.69, 9.17) is 0 Å². The van der Waals surface area contributed by atoms with Crippen LogP contribution in [-0.4, -0.2) is 41.2 Å². The molecule has 2 aromatic rings. The lowest BCUT2D eigenvalue weighted by Crippen LogP contribution is -2.37. The zero-order valence-electron chi connectivity index (χ0n) is 28.6. The van der Waals surface area contributed by atoms with E-state index in [1.165, 1.54) is 24.3 Å². The lowest BCUT2D eigenvalue weighted by molar-refractivity contribution is -0.121. The predicted molar refractivity (Wildman–Crippen MR) is 196 cm³/mol. The van der Waals surface area contributed by atoms with Crippen LogP contribution in [0.1, 0.15) is 87.9 Å². The molecule has 0 aliphatic rings. The lowest BCUT2D eigenvalue weighted by atomic mass is 10.0. The van der Waals surface area contributed by atoms with Crippen LogP contribution >= 0.6 is 0 Å². The molecule has 0 saturated carbocycles. The highest BCUT2D eigenvalue weighted by molar-refractivity contribution is 5.98. The van der Waals surface area contributed by atoms with Crippen molar-refractivity contribution < 1.29 is 28.6 Å². The van der Waals surface area contributed by atoms with Gasteiger partial charge in [-0.05, 0) is 94.0 Å². The van der Waals surface area contributed by atoms with Gasteiger partial charge in [-0.2, -0.15) is 0 Å². The first-order valence-electron chi connectivity index (χ1n) is 17.2. The van der Waals surface area contributed by atoms with Crippen LogP contribution in [0.15, 0.2) is 109 Å². The van der Waals surface area contributed by atoms with E-state index in [2.05, 4.69) is 84.4 Å².